The number of nitrogens with one attached hydrogen (secondary N) is 1. The van der Waals surface area contributed by atoms with Crippen molar-refractivity contribution in [1.82, 2.24) is 10.2 Å². The van der Waals surface area contributed by atoms with Crippen LogP contribution in [0.15, 0.2) is 17.0 Å². The van der Waals surface area contributed by atoms with Gasteiger partial charge in [-0.1, -0.05) is 41.7 Å². The van der Waals surface area contributed by atoms with E-state index in [1.165, 1.54) is 29.2 Å². The molecule has 7 heteroatoms. The number of ether oxygens (including phenoxy) is 1. The van der Waals surface area contributed by atoms with E-state index >= 15 is 0 Å². The highest BCUT2D eigenvalue weighted by Gasteiger charge is 2.08. The summed E-state index contributed by atoms with van der Waals surface area (Å²) in [5.41, 5.74) is 0. The average Bonchev–Trinajstić information content (AvgIpc) is 2.71. The van der Waals surface area contributed by atoms with Crippen LogP contribution in [-0.2, 0) is 4.74 Å². The second-order valence-electron chi connectivity index (χ2n) is 2.38. The lowest BCUT2D eigenvalue weighted by atomic mass is 10.7. The first-order valence-electron chi connectivity index (χ1n) is 4.20. The van der Waals surface area contributed by atoms with E-state index < -0.39 is 6.09 Å². The highest BCUT2D eigenvalue weighted by Crippen LogP contribution is 2.24. The summed E-state index contributed by atoms with van der Waals surface area (Å²) in [6, 6.07) is 0. The molecule has 0 aromatic carbocycles. The molecular formula is C9H9N3O2S2. The fourth-order valence-electron chi connectivity index (χ4n) is 0.680. The van der Waals surface area contributed by atoms with Crippen LogP contribution < -0.4 is 5.32 Å². The van der Waals surface area contributed by atoms with E-state index in [2.05, 4.69) is 28.0 Å². The van der Waals surface area contributed by atoms with E-state index in [0.29, 0.717) is 15.2 Å². The standard InChI is InChI=1S/C9H9N3O2S2/c1-3-5-14-8(13)10-7-11-12-9(16-7)15-6-4-2/h2-3H,1,5-6H2,(H,10,11,13). The maximum absolute atomic E-state index is 11.1. The van der Waals surface area contributed by atoms with Crippen LogP contribution in [-0.4, -0.2) is 28.7 Å². The summed E-state index contributed by atoms with van der Waals surface area (Å²) in [6.07, 6.45) is 6.01. The summed E-state index contributed by atoms with van der Waals surface area (Å²) in [7, 11) is 0. The van der Waals surface area contributed by atoms with Crippen molar-refractivity contribution >= 4 is 34.3 Å². The Bertz CT molecular complexity index is 411. The van der Waals surface area contributed by atoms with Gasteiger partial charge >= 0.3 is 6.09 Å². The molecular weight excluding hydrogens is 246 g/mol. The molecule has 1 aromatic heterocycles. The molecule has 0 unspecified atom stereocenters. The van der Waals surface area contributed by atoms with Gasteiger partial charge in [0.25, 0.3) is 0 Å². The Morgan fingerprint density at radius 3 is 3.25 bits per heavy atom. The minimum absolute atomic E-state index is 0.156. The Kier molecular flexibility index (Phi) is 5.39. The zero-order valence-electron chi connectivity index (χ0n) is 8.30. The Morgan fingerprint density at radius 2 is 2.56 bits per heavy atom. The molecule has 1 N–H and O–H groups in total. The van der Waals surface area contributed by atoms with Crippen LogP contribution in [0.5, 0.6) is 0 Å². The van der Waals surface area contributed by atoms with E-state index in [1.54, 1.807) is 0 Å². The van der Waals surface area contributed by atoms with Crippen LogP contribution in [0.3, 0.4) is 0 Å². The Labute approximate surface area is 101 Å². The van der Waals surface area contributed by atoms with Crippen LogP contribution in [0.25, 0.3) is 0 Å². The van der Waals surface area contributed by atoms with Crippen molar-refractivity contribution in [3.05, 3.63) is 12.7 Å². The smallest absolute Gasteiger partial charge is 0.413 e. The molecule has 16 heavy (non-hydrogen) atoms. The zero-order chi connectivity index (χ0) is 11.8. The molecule has 1 heterocycles. The summed E-state index contributed by atoms with van der Waals surface area (Å²) in [4.78, 5) is 11.1. The molecule has 0 aliphatic carbocycles. The van der Waals surface area contributed by atoms with Gasteiger partial charge in [0.05, 0.1) is 5.75 Å². The van der Waals surface area contributed by atoms with E-state index in [9.17, 15) is 4.79 Å². The number of hydrogen-bond donors (Lipinski definition) is 1. The van der Waals surface area contributed by atoms with Crippen molar-refractivity contribution in [2.24, 2.45) is 0 Å². The third-order valence-electron chi connectivity index (χ3n) is 1.23. The maximum atomic E-state index is 11.1. The number of hydrogen-bond acceptors (Lipinski definition) is 6. The number of nitrogens with zero attached hydrogens (tertiary/aromatic N) is 2. The predicted molar refractivity (Wildman–Crippen MR) is 64.6 cm³/mol. The van der Waals surface area contributed by atoms with E-state index in [4.69, 9.17) is 11.2 Å². The molecule has 1 amide bonds. The zero-order valence-corrected chi connectivity index (χ0v) is 9.94. The van der Waals surface area contributed by atoms with E-state index in [0.717, 1.165) is 0 Å². The van der Waals surface area contributed by atoms with Crippen molar-refractivity contribution in [2.75, 3.05) is 17.7 Å². The van der Waals surface area contributed by atoms with Gasteiger partial charge in [0.1, 0.15) is 6.61 Å². The van der Waals surface area contributed by atoms with Gasteiger partial charge in [0.15, 0.2) is 4.34 Å². The fourth-order valence-corrected chi connectivity index (χ4v) is 2.10. The first kappa shape index (κ1) is 12.5. The number of aromatic nitrogens is 2. The Balaban J connectivity index is 2.42. The largest absolute Gasteiger partial charge is 0.445 e. The van der Waals surface area contributed by atoms with Crippen LogP contribution in [0.2, 0.25) is 0 Å². The lowest BCUT2D eigenvalue weighted by Crippen LogP contribution is -2.13. The summed E-state index contributed by atoms with van der Waals surface area (Å²) < 4.78 is 5.42. The summed E-state index contributed by atoms with van der Waals surface area (Å²) >= 11 is 2.63. The number of carbonyl (C=O) groups excluding carboxylic acids is 1. The van der Waals surface area contributed by atoms with Crippen molar-refractivity contribution < 1.29 is 9.53 Å². The van der Waals surface area contributed by atoms with Crippen LogP contribution in [0.4, 0.5) is 9.93 Å². The Morgan fingerprint density at radius 1 is 1.75 bits per heavy atom. The fraction of sp³-hybridized carbons (Fsp3) is 0.222. The lowest BCUT2D eigenvalue weighted by Gasteiger charge is -1.99. The molecule has 0 saturated heterocycles. The number of thioether (sulfide) groups is 1. The molecule has 5 nitrogen and oxygen atoms in total. The number of amides is 1. The molecule has 0 fully saturated rings. The number of rotatable bonds is 5. The molecule has 84 valence electrons. The molecule has 0 saturated carbocycles. The minimum atomic E-state index is -0.579. The molecule has 0 aliphatic heterocycles. The third kappa shape index (κ3) is 4.33. The summed E-state index contributed by atoms with van der Waals surface area (Å²) in [6.45, 7) is 3.58. The second-order valence-corrected chi connectivity index (χ2v) is 4.58. The van der Waals surface area contributed by atoms with Crippen LogP contribution in [0.1, 0.15) is 0 Å². The molecule has 0 aliphatic rings. The first-order valence-corrected chi connectivity index (χ1v) is 6.01. The van der Waals surface area contributed by atoms with E-state index in [1.807, 2.05) is 0 Å². The van der Waals surface area contributed by atoms with Gasteiger partial charge in [0.2, 0.25) is 5.13 Å². The molecule has 0 spiro atoms. The normalized spacial score (nSPS) is 9.19. The van der Waals surface area contributed by atoms with Gasteiger partial charge in [-0.2, -0.15) is 0 Å². The number of carbonyl (C=O) groups is 1. The quantitative estimate of drug-likeness (QED) is 0.377. The molecule has 0 radical (unpaired) electrons. The molecule has 1 aromatic rings. The second kappa shape index (κ2) is 6.87. The lowest BCUT2D eigenvalue weighted by molar-refractivity contribution is 0.174. The molecule has 0 bridgehead atoms. The predicted octanol–water partition coefficient (Wildman–Crippen LogP) is 2.00. The summed E-state index contributed by atoms with van der Waals surface area (Å²) in [5.74, 6) is 3.00. The molecule has 0 atom stereocenters. The average molecular weight is 255 g/mol. The van der Waals surface area contributed by atoms with Crippen LogP contribution in [0, 0.1) is 12.3 Å². The SMILES string of the molecule is C#CCSc1nnc(NC(=O)OCC=C)s1. The highest BCUT2D eigenvalue weighted by atomic mass is 32.2. The first-order chi connectivity index (χ1) is 7.76. The van der Waals surface area contributed by atoms with Gasteiger partial charge in [-0.15, -0.1) is 16.6 Å². The Hall–Kier alpha value is -1.52. The van der Waals surface area contributed by atoms with Crippen molar-refractivity contribution in [3.63, 3.8) is 0 Å². The van der Waals surface area contributed by atoms with Gasteiger partial charge in [-0.25, -0.2) is 4.79 Å². The number of anilines is 1. The van der Waals surface area contributed by atoms with Gasteiger partial charge < -0.3 is 4.74 Å². The highest BCUT2D eigenvalue weighted by molar-refractivity contribution is 8.01. The van der Waals surface area contributed by atoms with Crippen molar-refractivity contribution in [3.8, 4) is 12.3 Å². The van der Waals surface area contributed by atoms with Gasteiger partial charge in [0, 0.05) is 0 Å². The van der Waals surface area contributed by atoms with Crippen molar-refractivity contribution in [1.29, 1.82) is 0 Å². The van der Waals surface area contributed by atoms with Crippen molar-refractivity contribution in [2.45, 2.75) is 4.34 Å². The monoisotopic (exact) mass is 255 g/mol. The van der Waals surface area contributed by atoms with Gasteiger partial charge in [-0.3, -0.25) is 5.32 Å². The minimum Gasteiger partial charge on any atom is -0.445 e. The number of terminal acetylenes is 1. The topological polar surface area (TPSA) is 64.1 Å². The van der Waals surface area contributed by atoms with Gasteiger partial charge in [-0.05, 0) is 0 Å². The third-order valence-corrected chi connectivity index (χ3v) is 3.10. The van der Waals surface area contributed by atoms with Crippen LogP contribution >= 0.6 is 23.1 Å². The van der Waals surface area contributed by atoms with E-state index in [-0.39, 0.29) is 6.61 Å². The molecule has 1 rings (SSSR count). The summed E-state index contributed by atoms with van der Waals surface area (Å²) in [5, 5.41) is 10.4. The maximum Gasteiger partial charge on any atom is 0.413 e.